The second kappa shape index (κ2) is 6.58. The van der Waals surface area contributed by atoms with E-state index in [1.165, 1.54) is 0 Å². The zero-order chi connectivity index (χ0) is 16.1. The minimum Gasteiger partial charge on any atom is -0.458 e. The lowest BCUT2D eigenvalue weighted by Gasteiger charge is -2.26. The Balaban J connectivity index is 4.77. The zero-order valence-corrected chi connectivity index (χ0v) is 13.0. The molecule has 0 heterocycles. The lowest BCUT2D eigenvalue weighted by Crippen LogP contribution is -2.47. The minimum atomic E-state index is -1.04. The van der Waals surface area contributed by atoms with Crippen LogP contribution in [0, 0.1) is 5.41 Å². The van der Waals surface area contributed by atoms with Gasteiger partial charge < -0.3 is 20.5 Å². The summed E-state index contributed by atoms with van der Waals surface area (Å²) in [6.45, 7) is 10.3. The maximum atomic E-state index is 12.0. The Morgan fingerprint density at radius 1 is 1.10 bits per heavy atom. The molecule has 0 saturated heterocycles. The fourth-order valence-corrected chi connectivity index (χ4v) is 1.24. The van der Waals surface area contributed by atoms with Crippen LogP contribution in [0.2, 0.25) is 0 Å². The summed E-state index contributed by atoms with van der Waals surface area (Å²) in [4.78, 5) is 23.6. The van der Waals surface area contributed by atoms with Gasteiger partial charge in [0.25, 0.3) is 0 Å². The molecule has 1 atom stereocenters. The highest BCUT2D eigenvalue weighted by molar-refractivity contribution is 5.88. The van der Waals surface area contributed by atoms with Crippen molar-refractivity contribution >= 4 is 17.9 Å². The van der Waals surface area contributed by atoms with E-state index in [0.717, 1.165) is 0 Å². The third-order valence-electron chi connectivity index (χ3n) is 1.81. The van der Waals surface area contributed by atoms with Gasteiger partial charge in [0.2, 0.25) is 0 Å². The van der Waals surface area contributed by atoms with E-state index in [2.05, 4.69) is 5.32 Å². The number of nitrogens with two attached hydrogens (primary N) is 1. The van der Waals surface area contributed by atoms with E-state index in [-0.39, 0.29) is 12.3 Å². The molecule has 20 heavy (non-hydrogen) atoms. The number of esters is 1. The first-order valence-corrected chi connectivity index (χ1v) is 6.35. The minimum absolute atomic E-state index is 0.131. The first-order valence-electron chi connectivity index (χ1n) is 6.35. The molecule has 116 valence electrons. The molecule has 1 amide bonds. The van der Waals surface area contributed by atoms with Gasteiger partial charge in [-0.25, -0.2) is 9.59 Å². The van der Waals surface area contributed by atoms with Gasteiger partial charge in [-0.1, -0.05) is 0 Å². The third-order valence-corrected chi connectivity index (χ3v) is 1.81. The molecule has 0 fully saturated rings. The molecule has 0 aliphatic heterocycles. The molecule has 7 heteroatoms. The number of amides is 1. The van der Waals surface area contributed by atoms with Crippen LogP contribution in [0.3, 0.4) is 0 Å². The summed E-state index contributed by atoms with van der Waals surface area (Å²) in [5, 5.41) is 9.62. The number of hydrogen-bond donors (Lipinski definition) is 3. The predicted octanol–water partition coefficient (Wildman–Crippen LogP) is 1.55. The normalized spacial score (nSPS) is 13.3. The van der Waals surface area contributed by atoms with Gasteiger partial charge in [-0.2, -0.15) is 0 Å². The van der Waals surface area contributed by atoms with Crippen LogP contribution in [-0.2, 0) is 14.3 Å². The highest BCUT2D eigenvalue weighted by Gasteiger charge is 2.29. The Bertz CT molecular complexity index is 380. The first-order chi connectivity index (χ1) is 8.80. The van der Waals surface area contributed by atoms with E-state index >= 15 is 0 Å². The number of ether oxygens (including phenoxy) is 2. The van der Waals surface area contributed by atoms with Crippen LogP contribution in [-0.4, -0.2) is 35.1 Å². The average molecular weight is 287 g/mol. The monoisotopic (exact) mass is 287 g/mol. The molecule has 0 aliphatic carbocycles. The number of amidine groups is 1. The molecular weight excluding hydrogens is 262 g/mol. The topological polar surface area (TPSA) is 115 Å². The molecule has 0 aromatic heterocycles. The molecular formula is C13H25N3O4. The van der Waals surface area contributed by atoms with Crippen LogP contribution in [0.1, 0.15) is 48.0 Å². The maximum absolute atomic E-state index is 12.0. The van der Waals surface area contributed by atoms with Crippen LogP contribution < -0.4 is 11.1 Å². The van der Waals surface area contributed by atoms with Crippen molar-refractivity contribution in [2.24, 2.45) is 5.73 Å². The number of carbonyl (C=O) groups excluding carboxylic acids is 2. The molecule has 7 nitrogen and oxygen atoms in total. The average Bonchev–Trinajstić information content (AvgIpc) is 2.09. The molecule has 0 unspecified atom stereocenters. The molecule has 0 saturated carbocycles. The van der Waals surface area contributed by atoms with Crippen LogP contribution in [0.5, 0.6) is 0 Å². The number of alkyl carbamates (subject to hydrolysis) is 1. The second-order valence-corrected chi connectivity index (χ2v) is 6.46. The number of carbonyl (C=O) groups is 2. The Kier molecular flexibility index (Phi) is 5.99. The molecule has 0 radical (unpaired) electrons. The first kappa shape index (κ1) is 18.2. The van der Waals surface area contributed by atoms with Crippen molar-refractivity contribution in [2.45, 2.75) is 65.2 Å². The van der Waals surface area contributed by atoms with Crippen molar-refractivity contribution < 1.29 is 19.1 Å². The summed E-state index contributed by atoms with van der Waals surface area (Å²) < 4.78 is 10.2. The van der Waals surface area contributed by atoms with Gasteiger partial charge in [0.1, 0.15) is 17.2 Å². The molecule has 0 aliphatic rings. The fourth-order valence-electron chi connectivity index (χ4n) is 1.24. The van der Waals surface area contributed by atoms with Crippen LogP contribution in [0.4, 0.5) is 4.79 Å². The molecule has 0 spiro atoms. The maximum Gasteiger partial charge on any atom is 0.408 e. The van der Waals surface area contributed by atoms with Gasteiger partial charge in [0.15, 0.2) is 0 Å². The second-order valence-electron chi connectivity index (χ2n) is 6.46. The Morgan fingerprint density at radius 3 is 1.90 bits per heavy atom. The SMILES string of the molecule is CC(C)(C)OC(=O)N[C@@H](CC(=N)N)C(=O)OC(C)(C)C. The lowest BCUT2D eigenvalue weighted by atomic mass is 10.1. The number of rotatable bonds is 4. The number of hydrogen-bond acceptors (Lipinski definition) is 5. The number of nitrogens with one attached hydrogen (secondary N) is 2. The molecule has 0 rings (SSSR count). The summed E-state index contributed by atoms with van der Waals surface area (Å²) in [6.07, 6.45) is -0.886. The van der Waals surface area contributed by atoms with Crippen LogP contribution in [0.25, 0.3) is 0 Å². The highest BCUT2D eigenvalue weighted by atomic mass is 16.6. The van der Waals surface area contributed by atoms with E-state index in [4.69, 9.17) is 20.6 Å². The van der Waals surface area contributed by atoms with Gasteiger partial charge in [0, 0.05) is 6.42 Å². The smallest absolute Gasteiger partial charge is 0.408 e. The van der Waals surface area contributed by atoms with Crippen molar-refractivity contribution in [2.75, 3.05) is 0 Å². The van der Waals surface area contributed by atoms with E-state index < -0.39 is 29.3 Å². The summed E-state index contributed by atoms with van der Waals surface area (Å²) in [7, 11) is 0. The van der Waals surface area contributed by atoms with E-state index in [1.807, 2.05) is 0 Å². The van der Waals surface area contributed by atoms with E-state index in [0.29, 0.717) is 0 Å². The fraction of sp³-hybridized carbons (Fsp3) is 0.769. The third kappa shape index (κ3) is 9.18. The summed E-state index contributed by atoms with van der Waals surface area (Å²) >= 11 is 0. The lowest BCUT2D eigenvalue weighted by molar-refractivity contribution is -0.157. The van der Waals surface area contributed by atoms with Gasteiger partial charge >= 0.3 is 12.1 Å². The Hall–Kier alpha value is -1.79. The van der Waals surface area contributed by atoms with Crippen LogP contribution >= 0.6 is 0 Å². The van der Waals surface area contributed by atoms with Crippen molar-refractivity contribution in [1.82, 2.24) is 5.32 Å². The Morgan fingerprint density at radius 2 is 1.55 bits per heavy atom. The van der Waals surface area contributed by atoms with Crippen LogP contribution in [0.15, 0.2) is 0 Å². The summed E-state index contributed by atoms with van der Waals surface area (Å²) in [5.74, 6) is -0.879. The predicted molar refractivity (Wildman–Crippen MR) is 75.5 cm³/mol. The van der Waals surface area contributed by atoms with Crippen molar-refractivity contribution in [1.29, 1.82) is 5.41 Å². The van der Waals surface area contributed by atoms with Gasteiger partial charge in [-0.05, 0) is 41.5 Å². The van der Waals surface area contributed by atoms with E-state index in [1.54, 1.807) is 41.5 Å². The molecule has 0 aromatic carbocycles. The van der Waals surface area contributed by atoms with E-state index in [9.17, 15) is 9.59 Å². The quantitative estimate of drug-likeness (QED) is 0.412. The largest absolute Gasteiger partial charge is 0.458 e. The Labute approximate surface area is 119 Å². The summed E-state index contributed by atoms with van der Waals surface area (Å²) in [5.41, 5.74) is 3.91. The van der Waals surface area contributed by atoms with Gasteiger partial charge in [0.05, 0.1) is 5.84 Å². The standard InChI is InChI=1S/C13H25N3O4/c1-12(2,3)19-10(17)8(7-9(14)15)16-11(18)20-13(4,5)6/h8H,7H2,1-6H3,(H3,14,15)(H,16,18)/t8-/m0/s1. The summed E-state index contributed by atoms with van der Waals surface area (Å²) in [6, 6.07) is -1.04. The van der Waals surface area contributed by atoms with Crippen molar-refractivity contribution in [3.8, 4) is 0 Å². The van der Waals surface area contributed by atoms with Gasteiger partial charge in [-0.3, -0.25) is 5.41 Å². The van der Waals surface area contributed by atoms with Crippen molar-refractivity contribution in [3.05, 3.63) is 0 Å². The van der Waals surface area contributed by atoms with Crippen molar-refractivity contribution in [3.63, 3.8) is 0 Å². The molecule has 4 N–H and O–H groups in total. The zero-order valence-electron chi connectivity index (χ0n) is 13.0. The van der Waals surface area contributed by atoms with Gasteiger partial charge in [-0.15, -0.1) is 0 Å². The molecule has 0 bridgehead atoms. The molecule has 0 aromatic rings. The highest BCUT2D eigenvalue weighted by Crippen LogP contribution is 2.11.